The third-order valence-electron chi connectivity index (χ3n) is 7.93. The number of carbonyl (C=O) groups excluding carboxylic acids is 2. The van der Waals surface area contributed by atoms with Gasteiger partial charge in [0.15, 0.2) is 0 Å². The topological polar surface area (TPSA) is 99.9 Å². The van der Waals surface area contributed by atoms with Crippen LogP contribution >= 0.6 is 0 Å². The van der Waals surface area contributed by atoms with Crippen molar-refractivity contribution in [3.63, 3.8) is 0 Å². The molecule has 2 aromatic carbocycles. The minimum absolute atomic E-state index is 0.00190. The lowest BCUT2D eigenvalue weighted by Crippen LogP contribution is -2.64. The smallest absolute Gasteiger partial charge is 0.313 e. The van der Waals surface area contributed by atoms with Crippen molar-refractivity contribution in [2.45, 2.75) is 46.6 Å². The van der Waals surface area contributed by atoms with Gasteiger partial charge in [-0.05, 0) is 61.3 Å². The van der Waals surface area contributed by atoms with Crippen LogP contribution in [0.1, 0.15) is 24.0 Å². The van der Waals surface area contributed by atoms with Crippen LogP contribution < -0.4 is 9.47 Å². The van der Waals surface area contributed by atoms with E-state index in [2.05, 4.69) is 9.97 Å². The molecule has 0 aliphatic carbocycles. The van der Waals surface area contributed by atoms with Crippen LogP contribution in [0.25, 0.3) is 21.8 Å². The molecular formula is C30H26B12N4O5. The summed E-state index contributed by atoms with van der Waals surface area (Å²) in [5, 5.41) is -6.24. The summed E-state index contributed by atoms with van der Waals surface area (Å²) in [6, 6.07) is 10.4. The van der Waals surface area contributed by atoms with Crippen LogP contribution in [0.3, 0.4) is 0 Å². The van der Waals surface area contributed by atoms with Crippen molar-refractivity contribution in [2.24, 2.45) is 0 Å². The predicted octanol–water partition coefficient (Wildman–Crippen LogP) is -1.89. The van der Waals surface area contributed by atoms with E-state index in [1.54, 1.807) is 36.7 Å². The largest absolute Gasteiger partial charge is 0.426 e. The SMILES string of the molecule is [B]C([B])([B])N(CCc1c[nH]c2cccc(OC(=O)CCOCCC(=O)Oc3cccc4[nH]cc(CCN(C([B])([B])[B])C([B])([B])[B])c34)c12)C([B])([B])[B]. The fraction of sp³-hybridized carbons (Fsp3) is 0.400. The van der Waals surface area contributed by atoms with Crippen LogP contribution in [-0.4, -0.2) is 173 Å². The van der Waals surface area contributed by atoms with Crippen molar-refractivity contribution >= 4 is 128 Å². The Hall–Kier alpha value is -2.88. The molecule has 0 unspecified atom stereocenters. The molecule has 0 fully saturated rings. The number of fused-ring (bicyclic) bond motifs is 2. The minimum atomic E-state index is -1.88. The van der Waals surface area contributed by atoms with Crippen molar-refractivity contribution in [2.75, 3.05) is 26.3 Å². The highest BCUT2D eigenvalue weighted by molar-refractivity contribution is 6.64. The lowest BCUT2D eigenvalue weighted by Gasteiger charge is -2.48. The van der Waals surface area contributed by atoms with Crippen LogP contribution in [0.2, 0.25) is 0 Å². The standard InChI is InChI=1S/C30H26B12N4O5/c31-27(32,33)45(28(34,35)36)11-7-17-15-43-19-3-1-5-21(25(17)19)50-23(47)9-13-49-14-10-24(48)51-22-6-2-4-20-26(22)18(16-44-20)8-12-46(29(37,38)39)30(40,41)42/h1-6,15-16,43-44H,7-14H2. The quantitative estimate of drug-likeness (QED) is 0.0562. The zero-order valence-electron chi connectivity index (χ0n) is 28.1. The molecule has 232 valence electrons. The number of nitrogens with one attached hydrogen (secondary N) is 2. The number of rotatable bonds is 18. The highest BCUT2D eigenvalue weighted by Gasteiger charge is 2.30. The van der Waals surface area contributed by atoms with Gasteiger partial charge in [-0.3, -0.25) is 9.59 Å². The second-order valence-electron chi connectivity index (χ2n) is 12.4. The summed E-state index contributed by atoms with van der Waals surface area (Å²) in [7, 11) is 69.6. The summed E-state index contributed by atoms with van der Waals surface area (Å²) >= 11 is 0. The van der Waals surface area contributed by atoms with Gasteiger partial charge < -0.3 is 34.0 Å². The molecule has 0 saturated carbocycles. The van der Waals surface area contributed by atoms with Crippen molar-refractivity contribution in [3.8, 4) is 11.5 Å². The molecule has 0 aliphatic heterocycles. The average molecular weight is 652 g/mol. The second-order valence-corrected chi connectivity index (χ2v) is 12.4. The first kappa shape index (κ1) is 40.9. The first-order chi connectivity index (χ1) is 23.7. The molecule has 21 heteroatoms. The molecule has 0 spiro atoms. The van der Waals surface area contributed by atoms with E-state index in [0.29, 0.717) is 46.1 Å². The monoisotopic (exact) mass is 654 g/mol. The van der Waals surface area contributed by atoms with Crippen LogP contribution in [0.5, 0.6) is 11.5 Å². The molecule has 9 nitrogen and oxygen atoms in total. The summed E-state index contributed by atoms with van der Waals surface area (Å²) in [6.45, 7) is 0.184. The molecule has 4 aromatic rings. The summed E-state index contributed by atoms with van der Waals surface area (Å²) in [6.07, 6.45) is 3.93. The molecule has 0 bridgehead atoms. The maximum atomic E-state index is 12.7. The zero-order chi connectivity index (χ0) is 37.8. The van der Waals surface area contributed by atoms with E-state index in [1.165, 1.54) is 0 Å². The van der Waals surface area contributed by atoms with Crippen LogP contribution in [0.15, 0.2) is 48.8 Å². The Bertz CT molecular complexity index is 1650. The number of ether oxygens (including phenoxy) is 3. The van der Waals surface area contributed by atoms with E-state index < -0.39 is 32.9 Å². The highest BCUT2D eigenvalue weighted by atomic mass is 16.5. The van der Waals surface area contributed by atoms with Gasteiger partial charge in [0.1, 0.15) is 11.5 Å². The lowest BCUT2D eigenvalue weighted by atomic mass is 9.40. The molecule has 2 aromatic heterocycles. The van der Waals surface area contributed by atoms with Gasteiger partial charge in [-0.25, -0.2) is 0 Å². The van der Waals surface area contributed by atoms with Gasteiger partial charge in [-0.1, -0.05) is 33.1 Å². The fourth-order valence-electron chi connectivity index (χ4n) is 5.67. The Morgan fingerprint density at radius 2 is 0.922 bits per heavy atom. The summed E-state index contributed by atoms with van der Waals surface area (Å²) in [5.74, 6) is -0.469. The predicted molar refractivity (Wildman–Crippen MR) is 209 cm³/mol. The summed E-state index contributed by atoms with van der Waals surface area (Å²) < 4.78 is 16.8. The molecule has 0 atom stereocenters. The maximum absolute atomic E-state index is 12.7. The third kappa shape index (κ3) is 11.1. The summed E-state index contributed by atoms with van der Waals surface area (Å²) in [5.41, 5.74) is 2.93. The first-order valence-electron chi connectivity index (χ1n) is 15.9. The van der Waals surface area contributed by atoms with Crippen molar-refractivity contribution < 1.29 is 23.8 Å². The van der Waals surface area contributed by atoms with Crippen molar-refractivity contribution in [1.29, 1.82) is 0 Å². The van der Waals surface area contributed by atoms with Crippen molar-refractivity contribution in [1.82, 2.24) is 19.8 Å². The Balaban J connectivity index is 1.28. The molecule has 4 rings (SSSR count). The first-order valence-corrected chi connectivity index (χ1v) is 15.9. The number of carbonyl (C=O) groups is 2. The molecule has 2 N–H and O–H groups in total. The van der Waals surface area contributed by atoms with E-state index in [4.69, 9.17) is 108 Å². The normalized spacial score (nSPS) is 12.9. The number of hydrogen-bond acceptors (Lipinski definition) is 7. The number of hydrogen-bond donors (Lipinski definition) is 2. The van der Waals surface area contributed by atoms with E-state index in [1.807, 2.05) is 12.1 Å². The number of benzene rings is 2. The molecule has 0 saturated heterocycles. The van der Waals surface area contributed by atoms with Crippen LogP contribution in [0.4, 0.5) is 0 Å². The molecule has 0 aliphatic rings. The third-order valence-corrected chi connectivity index (χ3v) is 7.93. The lowest BCUT2D eigenvalue weighted by molar-refractivity contribution is -0.136. The molecule has 2 heterocycles. The Morgan fingerprint density at radius 1 is 0.569 bits per heavy atom. The molecule has 24 radical (unpaired) electrons. The number of H-pyrrole nitrogens is 2. The Kier molecular flexibility index (Phi) is 13.2. The Labute approximate surface area is 314 Å². The maximum Gasteiger partial charge on any atom is 0.313 e. The van der Waals surface area contributed by atoms with Gasteiger partial charge in [0.05, 0.1) is 120 Å². The highest BCUT2D eigenvalue weighted by Crippen LogP contribution is 2.31. The average Bonchev–Trinajstić information content (AvgIpc) is 3.60. The number of aromatic nitrogens is 2. The van der Waals surface area contributed by atoms with E-state index >= 15 is 0 Å². The molecule has 51 heavy (non-hydrogen) atoms. The van der Waals surface area contributed by atoms with Crippen LogP contribution in [-0.2, 0) is 27.2 Å². The van der Waals surface area contributed by atoms with Gasteiger partial charge >= 0.3 is 11.9 Å². The van der Waals surface area contributed by atoms with E-state index in [9.17, 15) is 9.59 Å². The van der Waals surface area contributed by atoms with Gasteiger partial charge in [-0.2, -0.15) is 0 Å². The summed E-state index contributed by atoms with van der Waals surface area (Å²) in [4.78, 5) is 34.0. The fourth-order valence-corrected chi connectivity index (χ4v) is 5.67. The van der Waals surface area contributed by atoms with Crippen LogP contribution in [0, 0.1) is 0 Å². The Morgan fingerprint density at radius 3 is 1.25 bits per heavy atom. The van der Waals surface area contributed by atoms with Gasteiger partial charge in [0.2, 0.25) is 0 Å². The number of nitrogens with zero attached hydrogens (tertiary/aromatic N) is 2. The van der Waals surface area contributed by atoms with Gasteiger partial charge in [0.25, 0.3) is 0 Å². The van der Waals surface area contributed by atoms with E-state index in [-0.39, 0.29) is 39.1 Å². The molecular weight excluding hydrogens is 626 g/mol. The zero-order valence-corrected chi connectivity index (χ0v) is 28.1. The molecule has 0 amide bonds. The van der Waals surface area contributed by atoms with Gasteiger partial charge in [-0.15, -0.1) is 0 Å². The number of esters is 2. The second kappa shape index (κ2) is 16.4. The van der Waals surface area contributed by atoms with E-state index in [0.717, 1.165) is 20.9 Å². The minimum Gasteiger partial charge on any atom is -0.426 e. The van der Waals surface area contributed by atoms with Gasteiger partial charge in [0, 0.05) is 34.2 Å². The number of aromatic amines is 2. The van der Waals surface area contributed by atoms with Crippen molar-refractivity contribution in [3.05, 3.63) is 59.9 Å².